The summed E-state index contributed by atoms with van der Waals surface area (Å²) in [5, 5.41) is 3.19. The average Bonchev–Trinajstić information content (AvgIpc) is 2.35. The van der Waals surface area contributed by atoms with Gasteiger partial charge in [0.15, 0.2) is 0 Å². The Labute approximate surface area is 106 Å². The van der Waals surface area contributed by atoms with Crippen molar-refractivity contribution in [3.63, 3.8) is 0 Å². The zero-order chi connectivity index (χ0) is 12.5. The number of nitrogens with one attached hydrogen (secondary N) is 1. The summed E-state index contributed by atoms with van der Waals surface area (Å²) in [6, 6.07) is 8.84. The fourth-order valence-corrected chi connectivity index (χ4v) is 2.01. The van der Waals surface area contributed by atoms with E-state index in [9.17, 15) is 0 Å². The number of aryl methyl sites for hydroxylation is 1. The lowest BCUT2D eigenvalue weighted by molar-refractivity contribution is 0.631. The van der Waals surface area contributed by atoms with Crippen molar-refractivity contribution >= 4 is 5.69 Å². The van der Waals surface area contributed by atoms with Crippen molar-refractivity contribution in [2.24, 2.45) is 0 Å². The SMILES string of the molecule is CCN(CCCCCNC)c1ccc(C)cc1. The normalized spacial score (nSPS) is 10.5. The summed E-state index contributed by atoms with van der Waals surface area (Å²) >= 11 is 0. The van der Waals surface area contributed by atoms with Crippen LogP contribution in [-0.4, -0.2) is 26.7 Å². The Hall–Kier alpha value is -1.02. The molecule has 0 saturated heterocycles. The second-order valence-corrected chi connectivity index (χ2v) is 4.58. The van der Waals surface area contributed by atoms with Crippen molar-refractivity contribution in [3.8, 4) is 0 Å². The van der Waals surface area contributed by atoms with E-state index in [0.29, 0.717) is 0 Å². The second kappa shape index (κ2) is 8.13. The average molecular weight is 234 g/mol. The molecule has 0 bridgehead atoms. The molecule has 1 aromatic carbocycles. The van der Waals surface area contributed by atoms with Crippen LogP contribution in [0.1, 0.15) is 31.7 Å². The molecule has 0 aliphatic carbocycles. The van der Waals surface area contributed by atoms with Crippen molar-refractivity contribution in [1.82, 2.24) is 5.32 Å². The Kier molecular flexibility index (Phi) is 6.71. The molecule has 0 radical (unpaired) electrons. The number of anilines is 1. The van der Waals surface area contributed by atoms with Gasteiger partial charge in [-0.25, -0.2) is 0 Å². The lowest BCUT2D eigenvalue weighted by atomic mass is 10.2. The van der Waals surface area contributed by atoms with Crippen LogP contribution in [0.25, 0.3) is 0 Å². The van der Waals surface area contributed by atoms with E-state index in [2.05, 4.69) is 48.3 Å². The minimum Gasteiger partial charge on any atom is -0.372 e. The minimum atomic E-state index is 1.09. The van der Waals surface area contributed by atoms with E-state index in [4.69, 9.17) is 0 Å². The van der Waals surface area contributed by atoms with Gasteiger partial charge in [0, 0.05) is 18.8 Å². The zero-order valence-corrected chi connectivity index (χ0v) is 11.5. The van der Waals surface area contributed by atoms with Crippen LogP contribution in [0, 0.1) is 6.92 Å². The lowest BCUT2D eigenvalue weighted by Gasteiger charge is -2.23. The van der Waals surface area contributed by atoms with Crippen LogP contribution >= 0.6 is 0 Å². The van der Waals surface area contributed by atoms with Gasteiger partial charge in [-0.1, -0.05) is 24.1 Å². The molecule has 0 fully saturated rings. The third-order valence-electron chi connectivity index (χ3n) is 3.14. The van der Waals surface area contributed by atoms with Gasteiger partial charge in [0.05, 0.1) is 0 Å². The molecule has 2 heteroatoms. The first kappa shape index (κ1) is 14.0. The first-order valence-corrected chi connectivity index (χ1v) is 6.74. The van der Waals surface area contributed by atoms with E-state index in [1.54, 1.807) is 0 Å². The van der Waals surface area contributed by atoms with Gasteiger partial charge in [0.1, 0.15) is 0 Å². The molecule has 0 heterocycles. The van der Waals surface area contributed by atoms with Crippen molar-refractivity contribution in [2.45, 2.75) is 33.1 Å². The number of unbranched alkanes of at least 4 members (excludes halogenated alkanes) is 2. The Morgan fingerprint density at radius 2 is 1.76 bits per heavy atom. The summed E-state index contributed by atoms with van der Waals surface area (Å²) in [4.78, 5) is 2.46. The molecule has 0 aliphatic heterocycles. The van der Waals surface area contributed by atoms with Crippen LogP contribution < -0.4 is 10.2 Å². The predicted octanol–water partition coefficient (Wildman–Crippen LogP) is 3.21. The molecule has 1 N–H and O–H groups in total. The number of rotatable bonds is 8. The van der Waals surface area contributed by atoms with Crippen LogP contribution in [0.3, 0.4) is 0 Å². The molecule has 0 unspecified atom stereocenters. The van der Waals surface area contributed by atoms with Gasteiger partial charge in [-0.2, -0.15) is 0 Å². The van der Waals surface area contributed by atoms with Crippen molar-refractivity contribution < 1.29 is 0 Å². The third kappa shape index (κ3) is 5.22. The molecule has 1 rings (SSSR count). The molecule has 0 aromatic heterocycles. The Balaban J connectivity index is 2.35. The molecular formula is C15H26N2. The first-order chi connectivity index (χ1) is 8.27. The fraction of sp³-hybridized carbons (Fsp3) is 0.600. The highest BCUT2D eigenvalue weighted by molar-refractivity contribution is 5.47. The molecule has 0 amide bonds. The molecule has 17 heavy (non-hydrogen) atoms. The zero-order valence-electron chi connectivity index (χ0n) is 11.5. The molecule has 0 atom stereocenters. The van der Waals surface area contributed by atoms with Crippen LogP contribution in [0.2, 0.25) is 0 Å². The monoisotopic (exact) mass is 234 g/mol. The van der Waals surface area contributed by atoms with E-state index >= 15 is 0 Å². The van der Waals surface area contributed by atoms with Crippen molar-refractivity contribution in [3.05, 3.63) is 29.8 Å². The standard InChI is InChI=1S/C15H26N2/c1-4-17(13-7-5-6-12-16-3)15-10-8-14(2)9-11-15/h8-11,16H,4-7,12-13H2,1-3H3. The molecule has 0 spiro atoms. The highest BCUT2D eigenvalue weighted by Gasteiger charge is 2.02. The van der Waals surface area contributed by atoms with E-state index in [0.717, 1.165) is 13.1 Å². The molecule has 0 aliphatic rings. The van der Waals surface area contributed by atoms with Gasteiger partial charge < -0.3 is 10.2 Å². The maximum absolute atomic E-state index is 3.19. The van der Waals surface area contributed by atoms with Gasteiger partial charge in [-0.15, -0.1) is 0 Å². The quantitative estimate of drug-likeness (QED) is 0.695. The fourth-order valence-electron chi connectivity index (χ4n) is 2.01. The Morgan fingerprint density at radius 3 is 2.35 bits per heavy atom. The largest absolute Gasteiger partial charge is 0.372 e. The van der Waals surface area contributed by atoms with Crippen LogP contribution in [0.5, 0.6) is 0 Å². The first-order valence-electron chi connectivity index (χ1n) is 6.74. The Morgan fingerprint density at radius 1 is 1.06 bits per heavy atom. The summed E-state index contributed by atoms with van der Waals surface area (Å²) in [7, 11) is 2.02. The maximum Gasteiger partial charge on any atom is 0.0366 e. The summed E-state index contributed by atoms with van der Waals surface area (Å²) in [6.07, 6.45) is 3.87. The van der Waals surface area contributed by atoms with Crippen molar-refractivity contribution in [2.75, 3.05) is 31.6 Å². The van der Waals surface area contributed by atoms with E-state index in [1.165, 1.54) is 37.1 Å². The molecule has 2 nitrogen and oxygen atoms in total. The smallest absolute Gasteiger partial charge is 0.0366 e. The van der Waals surface area contributed by atoms with Gasteiger partial charge in [0.2, 0.25) is 0 Å². The summed E-state index contributed by atoms with van der Waals surface area (Å²) in [5.41, 5.74) is 2.69. The van der Waals surface area contributed by atoms with Gasteiger partial charge in [0.25, 0.3) is 0 Å². The number of hydrogen-bond acceptors (Lipinski definition) is 2. The van der Waals surface area contributed by atoms with Gasteiger partial charge in [-0.3, -0.25) is 0 Å². The van der Waals surface area contributed by atoms with Gasteiger partial charge >= 0.3 is 0 Å². The maximum atomic E-state index is 3.19. The van der Waals surface area contributed by atoms with E-state index in [1.807, 2.05) is 7.05 Å². The van der Waals surface area contributed by atoms with Crippen LogP contribution in [-0.2, 0) is 0 Å². The minimum absolute atomic E-state index is 1.09. The molecule has 1 aromatic rings. The third-order valence-corrected chi connectivity index (χ3v) is 3.14. The van der Waals surface area contributed by atoms with Gasteiger partial charge in [-0.05, 0) is 52.4 Å². The lowest BCUT2D eigenvalue weighted by Crippen LogP contribution is -2.24. The summed E-state index contributed by atoms with van der Waals surface area (Å²) < 4.78 is 0. The molecule has 96 valence electrons. The topological polar surface area (TPSA) is 15.3 Å². The number of benzene rings is 1. The Bertz CT molecular complexity index is 292. The van der Waals surface area contributed by atoms with Crippen LogP contribution in [0.4, 0.5) is 5.69 Å². The summed E-state index contributed by atoms with van der Waals surface area (Å²) in [5.74, 6) is 0. The molecule has 0 saturated carbocycles. The second-order valence-electron chi connectivity index (χ2n) is 4.58. The highest BCUT2D eigenvalue weighted by atomic mass is 15.1. The highest BCUT2D eigenvalue weighted by Crippen LogP contribution is 2.15. The number of nitrogens with zero attached hydrogens (tertiary/aromatic N) is 1. The molecular weight excluding hydrogens is 208 g/mol. The van der Waals surface area contributed by atoms with Crippen LogP contribution in [0.15, 0.2) is 24.3 Å². The van der Waals surface area contributed by atoms with E-state index in [-0.39, 0.29) is 0 Å². The van der Waals surface area contributed by atoms with E-state index < -0.39 is 0 Å². The predicted molar refractivity (Wildman–Crippen MR) is 76.8 cm³/mol. The number of hydrogen-bond donors (Lipinski definition) is 1. The van der Waals surface area contributed by atoms with Crippen molar-refractivity contribution in [1.29, 1.82) is 0 Å². The summed E-state index contributed by atoms with van der Waals surface area (Å²) in [6.45, 7) is 7.76.